The molecule has 1 unspecified atom stereocenters. The van der Waals surface area contributed by atoms with Gasteiger partial charge in [0.15, 0.2) is 5.78 Å². The van der Waals surface area contributed by atoms with Crippen LogP contribution < -0.4 is 0 Å². The van der Waals surface area contributed by atoms with Crippen LogP contribution in [0.2, 0.25) is 0 Å². The quantitative estimate of drug-likeness (QED) is 0.713. The van der Waals surface area contributed by atoms with E-state index in [4.69, 9.17) is 4.74 Å². The van der Waals surface area contributed by atoms with E-state index in [0.717, 1.165) is 42.6 Å². The first-order valence-corrected chi connectivity index (χ1v) is 5.91. The molecular formula is C14H18O2. The smallest absolute Gasteiger partial charge is 0.191 e. The molecule has 0 N–H and O–H groups in total. The zero-order valence-corrected chi connectivity index (χ0v) is 9.95. The maximum atomic E-state index is 12.2. The van der Waals surface area contributed by atoms with E-state index in [-0.39, 0.29) is 11.9 Å². The van der Waals surface area contributed by atoms with Gasteiger partial charge < -0.3 is 4.74 Å². The highest BCUT2D eigenvalue weighted by molar-refractivity contribution is 5.99. The summed E-state index contributed by atoms with van der Waals surface area (Å²) in [5.41, 5.74) is 3.07. The number of Topliss-reactive ketones (excluding diaryl/α,β-unsaturated/α-hetero) is 1. The zero-order valence-electron chi connectivity index (χ0n) is 9.95. The van der Waals surface area contributed by atoms with Gasteiger partial charge in [-0.25, -0.2) is 0 Å². The van der Waals surface area contributed by atoms with Gasteiger partial charge in [0.2, 0.25) is 0 Å². The van der Waals surface area contributed by atoms with E-state index < -0.39 is 0 Å². The van der Waals surface area contributed by atoms with Gasteiger partial charge in [-0.2, -0.15) is 0 Å². The fourth-order valence-corrected chi connectivity index (χ4v) is 2.25. The summed E-state index contributed by atoms with van der Waals surface area (Å²) < 4.78 is 5.52. The number of ketones is 1. The van der Waals surface area contributed by atoms with Crippen LogP contribution in [0.15, 0.2) is 18.2 Å². The lowest BCUT2D eigenvalue weighted by Gasteiger charge is -2.21. The summed E-state index contributed by atoms with van der Waals surface area (Å²) in [5, 5.41) is 0. The number of ether oxygens (including phenoxy) is 1. The van der Waals surface area contributed by atoms with E-state index in [0.29, 0.717) is 0 Å². The number of carbonyl (C=O) groups excluding carboxylic acids is 1. The molecule has 86 valence electrons. The zero-order chi connectivity index (χ0) is 11.5. The molecular weight excluding hydrogens is 200 g/mol. The molecule has 1 aliphatic rings. The second-order valence-corrected chi connectivity index (χ2v) is 4.60. The van der Waals surface area contributed by atoms with Gasteiger partial charge in [-0.05, 0) is 45.2 Å². The lowest BCUT2D eigenvalue weighted by Crippen LogP contribution is -2.28. The standard InChI is InChI=1S/C14H18O2/c1-10-7-11(2)9-12(8-10)14(15)13-5-3-4-6-16-13/h7-9,13H,3-6H2,1-2H3. The molecule has 1 heterocycles. The van der Waals surface area contributed by atoms with E-state index >= 15 is 0 Å². The molecule has 2 heteroatoms. The van der Waals surface area contributed by atoms with Crippen LogP contribution in [0.25, 0.3) is 0 Å². The predicted molar refractivity (Wildman–Crippen MR) is 63.8 cm³/mol. The van der Waals surface area contributed by atoms with Crippen LogP contribution in [0.1, 0.15) is 40.7 Å². The number of hydrogen-bond acceptors (Lipinski definition) is 2. The number of benzene rings is 1. The average molecular weight is 218 g/mol. The van der Waals surface area contributed by atoms with Crippen molar-refractivity contribution in [2.75, 3.05) is 6.61 Å². The Hall–Kier alpha value is -1.15. The Morgan fingerprint density at radius 1 is 1.19 bits per heavy atom. The molecule has 0 radical (unpaired) electrons. The number of hydrogen-bond donors (Lipinski definition) is 0. The first-order valence-electron chi connectivity index (χ1n) is 5.91. The highest BCUT2D eigenvalue weighted by Crippen LogP contribution is 2.19. The number of carbonyl (C=O) groups is 1. The topological polar surface area (TPSA) is 26.3 Å². The summed E-state index contributed by atoms with van der Waals surface area (Å²) in [6.45, 7) is 4.76. The lowest BCUT2D eigenvalue weighted by molar-refractivity contribution is 0.0186. The van der Waals surface area contributed by atoms with Gasteiger partial charge in [0.05, 0.1) is 0 Å². The molecule has 0 aliphatic carbocycles. The van der Waals surface area contributed by atoms with Crippen molar-refractivity contribution in [2.24, 2.45) is 0 Å². The van der Waals surface area contributed by atoms with Crippen LogP contribution in [0.3, 0.4) is 0 Å². The van der Waals surface area contributed by atoms with Gasteiger partial charge in [-0.3, -0.25) is 4.79 Å². The third kappa shape index (κ3) is 2.50. The highest BCUT2D eigenvalue weighted by Gasteiger charge is 2.23. The monoisotopic (exact) mass is 218 g/mol. The van der Waals surface area contributed by atoms with E-state index in [1.807, 2.05) is 26.0 Å². The minimum Gasteiger partial charge on any atom is -0.370 e. The summed E-state index contributed by atoms with van der Waals surface area (Å²) in [5.74, 6) is 0.145. The summed E-state index contributed by atoms with van der Waals surface area (Å²) in [4.78, 5) is 12.2. The summed E-state index contributed by atoms with van der Waals surface area (Å²) in [7, 11) is 0. The Morgan fingerprint density at radius 3 is 2.44 bits per heavy atom. The molecule has 1 saturated heterocycles. The molecule has 1 aromatic rings. The SMILES string of the molecule is Cc1cc(C)cc(C(=O)C2CCCCO2)c1. The number of aryl methyl sites for hydroxylation is 2. The highest BCUT2D eigenvalue weighted by atomic mass is 16.5. The van der Waals surface area contributed by atoms with Gasteiger partial charge in [-0.1, -0.05) is 17.2 Å². The third-order valence-electron chi connectivity index (χ3n) is 2.98. The van der Waals surface area contributed by atoms with Crippen molar-refractivity contribution in [3.05, 3.63) is 34.9 Å². The van der Waals surface area contributed by atoms with Gasteiger partial charge in [0.1, 0.15) is 6.10 Å². The molecule has 16 heavy (non-hydrogen) atoms. The first-order chi connectivity index (χ1) is 7.66. The van der Waals surface area contributed by atoms with Crippen molar-refractivity contribution >= 4 is 5.78 Å². The summed E-state index contributed by atoms with van der Waals surface area (Å²) >= 11 is 0. The Bertz CT molecular complexity index is 369. The molecule has 2 nitrogen and oxygen atoms in total. The molecule has 0 amide bonds. The van der Waals surface area contributed by atoms with Crippen LogP contribution in [0, 0.1) is 13.8 Å². The van der Waals surface area contributed by atoms with Crippen molar-refractivity contribution in [3.63, 3.8) is 0 Å². The van der Waals surface area contributed by atoms with Crippen LogP contribution >= 0.6 is 0 Å². The molecule has 1 atom stereocenters. The Kier molecular flexibility index (Phi) is 3.39. The van der Waals surface area contributed by atoms with Gasteiger partial charge in [0, 0.05) is 12.2 Å². The van der Waals surface area contributed by atoms with Gasteiger partial charge in [0.25, 0.3) is 0 Å². The second kappa shape index (κ2) is 4.79. The molecule has 1 aromatic carbocycles. The molecule has 0 aromatic heterocycles. The second-order valence-electron chi connectivity index (χ2n) is 4.60. The van der Waals surface area contributed by atoms with Crippen LogP contribution in [-0.2, 0) is 4.74 Å². The minimum absolute atomic E-state index is 0.145. The maximum Gasteiger partial charge on any atom is 0.191 e. The van der Waals surface area contributed by atoms with E-state index in [2.05, 4.69) is 6.07 Å². The van der Waals surface area contributed by atoms with Crippen molar-refractivity contribution in [1.29, 1.82) is 0 Å². The predicted octanol–water partition coefficient (Wildman–Crippen LogP) is 3.06. The molecule has 0 bridgehead atoms. The van der Waals surface area contributed by atoms with E-state index in [1.165, 1.54) is 0 Å². The van der Waals surface area contributed by atoms with Crippen molar-refractivity contribution in [1.82, 2.24) is 0 Å². The van der Waals surface area contributed by atoms with Crippen LogP contribution in [-0.4, -0.2) is 18.5 Å². The van der Waals surface area contributed by atoms with E-state index in [9.17, 15) is 4.79 Å². The molecule has 1 fully saturated rings. The largest absolute Gasteiger partial charge is 0.370 e. The Balaban J connectivity index is 2.19. The lowest BCUT2D eigenvalue weighted by atomic mass is 9.97. The maximum absolute atomic E-state index is 12.2. The normalized spacial score (nSPS) is 20.8. The van der Waals surface area contributed by atoms with Crippen molar-refractivity contribution in [2.45, 2.75) is 39.2 Å². The third-order valence-corrected chi connectivity index (χ3v) is 2.98. The number of rotatable bonds is 2. The molecule has 2 rings (SSSR count). The minimum atomic E-state index is -0.213. The van der Waals surface area contributed by atoms with Crippen LogP contribution in [0.4, 0.5) is 0 Å². The summed E-state index contributed by atoms with van der Waals surface area (Å²) in [6, 6.07) is 5.99. The fourth-order valence-electron chi connectivity index (χ4n) is 2.25. The molecule has 1 aliphatic heterocycles. The molecule has 0 spiro atoms. The molecule has 0 saturated carbocycles. The Morgan fingerprint density at radius 2 is 1.88 bits per heavy atom. The van der Waals surface area contributed by atoms with Crippen molar-refractivity contribution in [3.8, 4) is 0 Å². The van der Waals surface area contributed by atoms with Crippen molar-refractivity contribution < 1.29 is 9.53 Å². The Labute approximate surface area is 96.6 Å². The van der Waals surface area contributed by atoms with Crippen LogP contribution in [0.5, 0.6) is 0 Å². The average Bonchev–Trinajstić information content (AvgIpc) is 2.28. The first kappa shape index (κ1) is 11.3. The fraction of sp³-hybridized carbons (Fsp3) is 0.500. The van der Waals surface area contributed by atoms with Gasteiger partial charge in [-0.15, -0.1) is 0 Å². The van der Waals surface area contributed by atoms with Gasteiger partial charge >= 0.3 is 0 Å². The summed E-state index contributed by atoms with van der Waals surface area (Å²) in [6.07, 6.45) is 2.83. The van der Waals surface area contributed by atoms with E-state index in [1.54, 1.807) is 0 Å².